The Morgan fingerprint density at radius 1 is 1.53 bits per heavy atom. The summed E-state index contributed by atoms with van der Waals surface area (Å²) >= 11 is 0. The molecule has 1 aliphatic carbocycles. The molecule has 1 aromatic rings. The van der Waals surface area contributed by atoms with E-state index in [0.717, 1.165) is 19.3 Å². The number of carbonyl (C=O) groups is 1. The molecule has 1 aromatic carbocycles. The molecule has 0 aromatic heterocycles. The zero-order valence-corrected chi connectivity index (χ0v) is 9.94. The lowest BCUT2D eigenvalue weighted by atomic mass is 9.84. The number of carbonyl (C=O) groups excluding carboxylic acids is 1. The lowest BCUT2D eigenvalue weighted by Gasteiger charge is -2.27. The van der Waals surface area contributed by atoms with E-state index in [1.54, 1.807) is 24.3 Å². The Bertz CT molecular complexity index is 433. The molecule has 0 radical (unpaired) electrons. The molecule has 4 heteroatoms. The molecule has 0 heterocycles. The van der Waals surface area contributed by atoms with E-state index in [4.69, 9.17) is 5.73 Å². The fraction of sp³-hybridized carbons (Fsp3) is 0.462. The Balaban J connectivity index is 2.15. The molecular formula is C13H18N2O2. The third-order valence-electron chi connectivity index (χ3n) is 3.70. The third kappa shape index (κ3) is 2.13. The SMILES string of the molecule is CC1(C(=O)Nc2ccccc2O)CCCC1N. The summed E-state index contributed by atoms with van der Waals surface area (Å²) in [6.07, 6.45) is 2.66. The average Bonchev–Trinajstić information content (AvgIpc) is 2.64. The summed E-state index contributed by atoms with van der Waals surface area (Å²) in [5.41, 5.74) is 5.90. The van der Waals surface area contributed by atoms with Crippen LogP contribution in [-0.2, 0) is 4.79 Å². The number of phenolic OH excluding ortho intramolecular Hbond substituents is 1. The van der Waals surface area contributed by atoms with Crippen molar-refractivity contribution < 1.29 is 9.90 Å². The maximum absolute atomic E-state index is 12.2. The van der Waals surface area contributed by atoms with Gasteiger partial charge in [-0.1, -0.05) is 18.6 Å². The van der Waals surface area contributed by atoms with Gasteiger partial charge >= 0.3 is 0 Å². The van der Waals surface area contributed by atoms with Crippen molar-refractivity contribution in [3.05, 3.63) is 24.3 Å². The number of amides is 1. The predicted octanol–water partition coefficient (Wildman–Crippen LogP) is 1.85. The summed E-state index contributed by atoms with van der Waals surface area (Å²) < 4.78 is 0. The summed E-state index contributed by atoms with van der Waals surface area (Å²) in [5, 5.41) is 12.4. The highest BCUT2D eigenvalue weighted by molar-refractivity contribution is 5.96. The smallest absolute Gasteiger partial charge is 0.231 e. The van der Waals surface area contributed by atoms with Crippen LogP contribution in [0.15, 0.2) is 24.3 Å². The van der Waals surface area contributed by atoms with Crippen LogP contribution in [0.1, 0.15) is 26.2 Å². The molecule has 4 N–H and O–H groups in total. The van der Waals surface area contributed by atoms with Gasteiger partial charge in [-0.2, -0.15) is 0 Å². The number of nitrogens with two attached hydrogens (primary N) is 1. The van der Waals surface area contributed by atoms with E-state index in [1.165, 1.54) is 0 Å². The van der Waals surface area contributed by atoms with Crippen LogP contribution in [0.5, 0.6) is 5.75 Å². The molecule has 0 bridgehead atoms. The van der Waals surface area contributed by atoms with Crippen molar-refractivity contribution in [3.8, 4) is 5.75 Å². The molecule has 2 rings (SSSR count). The molecule has 0 saturated heterocycles. The van der Waals surface area contributed by atoms with Crippen LogP contribution in [0.3, 0.4) is 0 Å². The molecule has 2 atom stereocenters. The number of phenols is 1. The fourth-order valence-electron chi connectivity index (χ4n) is 2.32. The van der Waals surface area contributed by atoms with Gasteiger partial charge in [-0.15, -0.1) is 0 Å². The molecular weight excluding hydrogens is 216 g/mol. The monoisotopic (exact) mass is 234 g/mol. The maximum atomic E-state index is 12.2. The minimum Gasteiger partial charge on any atom is -0.506 e. The van der Waals surface area contributed by atoms with Gasteiger partial charge < -0.3 is 16.2 Å². The van der Waals surface area contributed by atoms with E-state index in [-0.39, 0.29) is 17.7 Å². The highest BCUT2D eigenvalue weighted by Gasteiger charge is 2.43. The lowest BCUT2D eigenvalue weighted by molar-refractivity contribution is -0.125. The Morgan fingerprint density at radius 3 is 2.82 bits per heavy atom. The first-order valence-electron chi connectivity index (χ1n) is 5.89. The van der Waals surface area contributed by atoms with Gasteiger partial charge in [0.15, 0.2) is 0 Å². The fourth-order valence-corrected chi connectivity index (χ4v) is 2.32. The van der Waals surface area contributed by atoms with Crippen molar-refractivity contribution in [3.63, 3.8) is 0 Å². The number of hydrogen-bond donors (Lipinski definition) is 3. The number of hydrogen-bond acceptors (Lipinski definition) is 3. The van der Waals surface area contributed by atoms with E-state index in [2.05, 4.69) is 5.32 Å². The molecule has 0 spiro atoms. The van der Waals surface area contributed by atoms with Crippen LogP contribution in [0.25, 0.3) is 0 Å². The first-order valence-corrected chi connectivity index (χ1v) is 5.89. The standard InChI is InChI=1S/C13H18N2O2/c1-13(8-4-7-11(13)14)12(17)15-9-5-2-3-6-10(9)16/h2-3,5-6,11,16H,4,7-8,14H2,1H3,(H,15,17). The quantitative estimate of drug-likeness (QED) is 0.683. The van der Waals surface area contributed by atoms with Gasteiger partial charge in [0, 0.05) is 6.04 Å². The van der Waals surface area contributed by atoms with Crippen molar-refractivity contribution in [1.82, 2.24) is 0 Å². The van der Waals surface area contributed by atoms with E-state index in [9.17, 15) is 9.90 Å². The zero-order valence-electron chi connectivity index (χ0n) is 9.94. The maximum Gasteiger partial charge on any atom is 0.231 e. The van der Waals surface area contributed by atoms with Gasteiger partial charge in [-0.25, -0.2) is 0 Å². The molecule has 0 aliphatic heterocycles. The molecule has 1 saturated carbocycles. The van der Waals surface area contributed by atoms with Gasteiger partial charge in [0.1, 0.15) is 5.75 Å². The second-order valence-electron chi connectivity index (χ2n) is 4.89. The van der Waals surface area contributed by atoms with Gasteiger partial charge in [0.25, 0.3) is 0 Å². The minimum absolute atomic E-state index is 0.0796. The number of rotatable bonds is 2. The Labute approximate surface area is 101 Å². The number of anilines is 1. The van der Waals surface area contributed by atoms with E-state index in [1.807, 2.05) is 6.92 Å². The van der Waals surface area contributed by atoms with Crippen LogP contribution in [0.4, 0.5) is 5.69 Å². The first kappa shape index (κ1) is 11.9. The van der Waals surface area contributed by atoms with Crippen LogP contribution in [-0.4, -0.2) is 17.1 Å². The van der Waals surface area contributed by atoms with E-state index >= 15 is 0 Å². The van der Waals surface area contributed by atoms with Gasteiger partial charge in [0.05, 0.1) is 11.1 Å². The topological polar surface area (TPSA) is 75.3 Å². The minimum atomic E-state index is -0.526. The van der Waals surface area contributed by atoms with Gasteiger partial charge in [-0.05, 0) is 31.9 Å². The van der Waals surface area contributed by atoms with E-state index < -0.39 is 5.41 Å². The number of nitrogens with one attached hydrogen (secondary N) is 1. The van der Waals surface area contributed by atoms with Crippen LogP contribution in [0, 0.1) is 5.41 Å². The van der Waals surface area contributed by atoms with Crippen molar-refractivity contribution in [2.45, 2.75) is 32.2 Å². The predicted molar refractivity (Wildman–Crippen MR) is 66.7 cm³/mol. The molecule has 1 aliphatic rings. The van der Waals surface area contributed by atoms with Crippen LogP contribution in [0.2, 0.25) is 0 Å². The molecule has 1 amide bonds. The number of aromatic hydroxyl groups is 1. The molecule has 17 heavy (non-hydrogen) atoms. The normalized spacial score (nSPS) is 28.0. The summed E-state index contributed by atoms with van der Waals surface area (Å²) in [6, 6.07) is 6.61. The summed E-state index contributed by atoms with van der Waals surface area (Å²) in [4.78, 5) is 12.2. The Hall–Kier alpha value is -1.55. The van der Waals surface area contributed by atoms with Crippen molar-refractivity contribution in [1.29, 1.82) is 0 Å². The highest BCUT2D eigenvalue weighted by atomic mass is 16.3. The van der Waals surface area contributed by atoms with Crippen LogP contribution < -0.4 is 11.1 Å². The Morgan fingerprint density at radius 2 is 2.24 bits per heavy atom. The average molecular weight is 234 g/mol. The zero-order chi connectivity index (χ0) is 12.5. The molecule has 1 fully saturated rings. The highest BCUT2D eigenvalue weighted by Crippen LogP contribution is 2.38. The largest absolute Gasteiger partial charge is 0.506 e. The van der Waals surface area contributed by atoms with Crippen molar-refractivity contribution in [2.75, 3.05) is 5.32 Å². The van der Waals surface area contributed by atoms with Gasteiger partial charge in [0.2, 0.25) is 5.91 Å². The van der Waals surface area contributed by atoms with Crippen molar-refractivity contribution >= 4 is 11.6 Å². The number of para-hydroxylation sites is 2. The third-order valence-corrected chi connectivity index (χ3v) is 3.70. The summed E-state index contributed by atoms with van der Waals surface area (Å²) in [7, 11) is 0. The first-order chi connectivity index (χ1) is 8.04. The lowest BCUT2D eigenvalue weighted by Crippen LogP contribution is -2.44. The second-order valence-corrected chi connectivity index (χ2v) is 4.89. The van der Waals surface area contributed by atoms with Gasteiger partial charge in [-0.3, -0.25) is 4.79 Å². The molecule has 92 valence electrons. The number of benzene rings is 1. The summed E-state index contributed by atoms with van der Waals surface area (Å²) in [6.45, 7) is 1.89. The van der Waals surface area contributed by atoms with Crippen LogP contribution >= 0.6 is 0 Å². The molecule has 4 nitrogen and oxygen atoms in total. The van der Waals surface area contributed by atoms with E-state index in [0.29, 0.717) is 5.69 Å². The second kappa shape index (κ2) is 4.37. The van der Waals surface area contributed by atoms with Crippen molar-refractivity contribution in [2.24, 2.45) is 11.1 Å². The Kier molecular flexibility index (Phi) is 3.07. The molecule has 2 unspecified atom stereocenters. The summed E-state index contributed by atoms with van der Waals surface area (Å²) in [5.74, 6) is -0.0278.